The number of aromatic nitrogens is 2. The number of carbonyl (C=O) groups is 1. The summed E-state index contributed by atoms with van der Waals surface area (Å²) in [7, 11) is 3.89. The first-order valence-corrected chi connectivity index (χ1v) is 17.3. The number of pyridine rings is 1. The second kappa shape index (κ2) is 13.1. The van der Waals surface area contributed by atoms with Crippen LogP contribution in [0.5, 0.6) is 5.75 Å². The highest BCUT2D eigenvalue weighted by Crippen LogP contribution is 2.47. The lowest BCUT2D eigenvalue weighted by Gasteiger charge is -2.34. The van der Waals surface area contributed by atoms with Crippen LogP contribution >= 0.6 is 11.3 Å². The minimum absolute atomic E-state index is 0.0482. The van der Waals surface area contributed by atoms with Crippen LogP contribution in [0.4, 0.5) is 13.2 Å². The number of aryl methyl sites for hydroxylation is 1. The van der Waals surface area contributed by atoms with E-state index < -0.39 is 23.5 Å². The quantitative estimate of drug-likeness (QED) is 0.182. The molecule has 258 valence electrons. The fourth-order valence-electron chi connectivity index (χ4n) is 7.00. The number of fused-ring (bicyclic) bond motifs is 2. The Bertz CT molecular complexity index is 2240. The molecule has 0 bridgehead atoms. The molecular formula is C38H37F3N6O2S. The third-order valence-electron chi connectivity index (χ3n) is 9.50. The van der Waals surface area contributed by atoms with Crippen molar-refractivity contribution in [2.45, 2.75) is 38.5 Å². The van der Waals surface area contributed by atoms with Gasteiger partial charge in [-0.05, 0) is 57.7 Å². The van der Waals surface area contributed by atoms with Gasteiger partial charge in [0.05, 0.1) is 45.1 Å². The van der Waals surface area contributed by atoms with Crippen LogP contribution in [-0.4, -0.2) is 75.8 Å². The summed E-state index contributed by atoms with van der Waals surface area (Å²) < 4.78 is 56.2. The van der Waals surface area contributed by atoms with E-state index in [-0.39, 0.29) is 51.7 Å². The molecule has 0 aliphatic carbocycles. The zero-order valence-electron chi connectivity index (χ0n) is 28.2. The molecule has 2 aliphatic rings. The van der Waals surface area contributed by atoms with E-state index in [0.717, 1.165) is 40.9 Å². The Kier molecular flexibility index (Phi) is 8.77. The average molecular weight is 699 g/mol. The van der Waals surface area contributed by atoms with Gasteiger partial charge in [-0.2, -0.15) is 0 Å². The van der Waals surface area contributed by atoms with Gasteiger partial charge in [-0.15, -0.1) is 11.3 Å². The first kappa shape index (κ1) is 33.6. The lowest BCUT2D eigenvalue weighted by Crippen LogP contribution is -2.49. The molecule has 2 aromatic carbocycles. The molecule has 1 amide bonds. The number of carbonyl (C=O) groups excluding carboxylic acids is 1. The molecule has 0 spiro atoms. The van der Waals surface area contributed by atoms with Crippen molar-refractivity contribution in [2.75, 3.05) is 26.7 Å². The van der Waals surface area contributed by atoms with Gasteiger partial charge in [0, 0.05) is 77.8 Å². The molecule has 1 saturated heterocycles. The number of rotatable bonds is 7. The summed E-state index contributed by atoms with van der Waals surface area (Å²) >= 11 is 1.14. The maximum atomic E-state index is 16.3. The molecule has 2 aliphatic heterocycles. The summed E-state index contributed by atoms with van der Waals surface area (Å²) in [5.41, 5.74) is 9.63. The van der Waals surface area contributed by atoms with Crippen molar-refractivity contribution in [3.8, 4) is 28.1 Å². The lowest BCUT2D eigenvalue weighted by atomic mass is 9.94. The van der Waals surface area contributed by atoms with Crippen LogP contribution < -0.4 is 10.5 Å². The molecule has 0 saturated carbocycles. The van der Waals surface area contributed by atoms with E-state index in [1.54, 1.807) is 11.0 Å². The number of ether oxygens (including phenoxy) is 1. The number of nitrogens with two attached hydrogens (primary N) is 1. The van der Waals surface area contributed by atoms with Gasteiger partial charge in [0.2, 0.25) is 5.91 Å². The van der Waals surface area contributed by atoms with E-state index >= 15 is 8.78 Å². The Balaban J connectivity index is 1.50. The maximum absolute atomic E-state index is 16.3. The van der Waals surface area contributed by atoms with Crippen molar-refractivity contribution in [1.82, 2.24) is 19.4 Å². The third kappa shape index (κ3) is 5.96. The smallest absolute Gasteiger partial charge is 0.246 e. The van der Waals surface area contributed by atoms with Crippen LogP contribution in [0, 0.1) is 17.5 Å². The monoisotopic (exact) mass is 698 g/mol. The van der Waals surface area contributed by atoms with E-state index in [9.17, 15) is 9.18 Å². The van der Waals surface area contributed by atoms with Crippen molar-refractivity contribution in [3.05, 3.63) is 89.9 Å². The number of likely N-dealkylation sites (tertiary alicyclic amines) is 1. The Labute approximate surface area is 292 Å². The molecule has 0 unspecified atom stereocenters. The molecule has 5 heterocycles. The molecule has 3 atom stereocenters. The van der Waals surface area contributed by atoms with E-state index in [0.29, 0.717) is 41.2 Å². The molecule has 2 N–H and O–H groups in total. The Morgan fingerprint density at radius 1 is 1.08 bits per heavy atom. The van der Waals surface area contributed by atoms with Crippen LogP contribution in [-0.2, 0) is 11.8 Å². The van der Waals surface area contributed by atoms with Gasteiger partial charge in [0.1, 0.15) is 29.3 Å². The molecule has 50 heavy (non-hydrogen) atoms. The van der Waals surface area contributed by atoms with Gasteiger partial charge in [-0.1, -0.05) is 12.6 Å². The fourth-order valence-corrected chi connectivity index (χ4v) is 7.93. The van der Waals surface area contributed by atoms with Gasteiger partial charge in [-0.3, -0.25) is 9.79 Å². The van der Waals surface area contributed by atoms with Crippen LogP contribution in [0.25, 0.3) is 49.1 Å². The molecule has 12 heteroatoms. The van der Waals surface area contributed by atoms with Gasteiger partial charge in [0.25, 0.3) is 0 Å². The predicted molar refractivity (Wildman–Crippen MR) is 194 cm³/mol. The molecule has 0 radical (unpaired) electrons. The summed E-state index contributed by atoms with van der Waals surface area (Å²) in [6.07, 6.45) is 5.12. The van der Waals surface area contributed by atoms with Gasteiger partial charge >= 0.3 is 0 Å². The van der Waals surface area contributed by atoms with Gasteiger partial charge in [0.15, 0.2) is 0 Å². The number of nitrogens with zero attached hydrogens (tertiary/aromatic N) is 5. The Morgan fingerprint density at radius 2 is 1.88 bits per heavy atom. The van der Waals surface area contributed by atoms with Crippen molar-refractivity contribution >= 4 is 49.6 Å². The third-order valence-corrected chi connectivity index (χ3v) is 10.5. The number of amides is 1. The van der Waals surface area contributed by atoms with Crippen molar-refractivity contribution < 1.29 is 22.7 Å². The number of thiophene rings is 1. The van der Waals surface area contributed by atoms with E-state index in [4.69, 9.17) is 20.4 Å². The number of benzene rings is 2. The van der Waals surface area contributed by atoms with E-state index in [1.165, 1.54) is 11.5 Å². The zero-order valence-corrected chi connectivity index (χ0v) is 29.0. The highest BCUT2D eigenvalue weighted by atomic mass is 32.1. The van der Waals surface area contributed by atoms with E-state index in [1.807, 2.05) is 63.0 Å². The summed E-state index contributed by atoms with van der Waals surface area (Å²) in [5, 5.41) is 2.40. The molecule has 7 rings (SSSR count). The second-order valence-corrected chi connectivity index (χ2v) is 14.0. The molecular weight excluding hydrogens is 662 g/mol. The lowest BCUT2D eigenvalue weighted by molar-refractivity contribution is -0.127. The number of aliphatic imine (C=N–C) groups is 1. The normalized spacial score (nSPS) is 20.1. The van der Waals surface area contributed by atoms with E-state index in [2.05, 4.69) is 11.5 Å². The molecule has 8 nitrogen and oxygen atoms in total. The van der Waals surface area contributed by atoms with Crippen LogP contribution in [0.15, 0.2) is 71.7 Å². The number of hydrogen-bond acceptors (Lipinski definition) is 7. The molecule has 3 aromatic heterocycles. The van der Waals surface area contributed by atoms with Crippen molar-refractivity contribution in [1.29, 1.82) is 0 Å². The van der Waals surface area contributed by atoms with Gasteiger partial charge < -0.3 is 24.8 Å². The minimum atomic E-state index is -0.938. The maximum Gasteiger partial charge on any atom is 0.246 e. The summed E-state index contributed by atoms with van der Waals surface area (Å²) in [6.45, 7) is 9.05. The first-order chi connectivity index (χ1) is 23.9. The number of likely N-dealkylation sites (N-methyl/N-ethyl adjacent to an activating group) is 1. The zero-order chi connectivity index (χ0) is 35.4. The SMILES string of the molecule is C=CC(=O)N1C[C@H](C)N=C(/C=C(\N)c2nc(-c3ccc4c(ccn4C)c3)c3scc(F)c3c2-c2c(F)cc(F)cc2O[C@H]2CCN(C)C2)[C@H]1C. The van der Waals surface area contributed by atoms with Crippen molar-refractivity contribution in [2.24, 2.45) is 17.8 Å². The fraction of sp³-hybridized carbons (Fsp3) is 0.289. The summed E-state index contributed by atoms with van der Waals surface area (Å²) in [6, 6.07) is 8.98. The van der Waals surface area contributed by atoms with Gasteiger partial charge in [-0.25, -0.2) is 18.2 Å². The average Bonchev–Trinajstić information content (AvgIpc) is 3.79. The van der Waals surface area contributed by atoms with Crippen molar-refractivity contribution in [3.63, 3.8) is 0 Å². The molecule has 1 fully saturated rings. The Hall–Kier alpha value is -4.94. The topological polar surface area (TPSA) is 89.0 Å². The number of halogens is 3. The minimum Gasteiger partial charge on any atom is -0.488 e. The second-order valence-electron chi connectivity index (χ2n) is 13.1. The van der Waals surface area contributed by atoms with Crippen LogP contribution in [0.3, 0.4) is 0 Å². The Morgan fingerprint density at radius 3 is 2.62 bits per heavy atom. The largest absolute Gasteiger partial charge is 0.488 e. The first-order valence-electron chi connectivity index (χ1n) is 16.4. The summed E-state index contributed by atoms with van der Waals surface area (Å²) in [5.74, 6) is -2.69. The standard InChI is InChI=1S/C38H37F3N6O2S/c1-6-32(48)47-17-20(2)43-29(21(47)3)16-28(42)37-35(33-26(40)14-24(39)15-31(33)49-25-10-11-45(4)18-25)34-27(41)19-50-38(34)36(44-37)23-7-8-30-22(13-23)9-12-46(30)5/h6-9,12-16,19-21,25H,1,10-11,17-18,42H2,2-5H3/b28-16-/t20-,21+,25-/m0/s1. The predicted octanol–water partition coefficient (Wildman–Crippen LogP) is 7.17. The highest BCUT2D eigenvalue weighted by Gasteiger charge is 2.32. The highest BCUT2D eigenvalue weighted by molar-refractivity contribution is 7.17. The number of hydrogen-bond donors (Lipinski definition) is 1. The van der Waals surface area contributed by atoms with Crippen LogP contribution in [0.1, 0.15) is 26.0 Å². The van der Waals surface area contributed by atoms with Crippen LogP contribution in [0.2, 0.25) is 0 Å². The molecule has 5 aromatic rings. The summed E-state index contributed by atoms with van der Waals surface area (Å²) in [4.78, 5) is 26.3.